The SMILES string of the molecule is CCc1cc(Br)sc1C(=O)OC. The van der Waals surface area contributed by atoms with Gasteiger partial charge in [0.25, 0.3) is 0 Å². The zero-order valence-electron chi connectivity index (χ0n) is 6.89. The van der Waals surface area contributed by atoms with Gasteiger partial charge < -0.3 is 4.74 Å². The molecule has 0 N–H and O–H groups in total. The van der Waals surface area contributed by atoms with Gasteiger partial charge in [-0.3, -0.25) is 0 Å². The molecular weight excluding hydrogens is 240 g/mol. The first-order chi connectivity index (χ1) is 5.69. The van der Waals surface area contributed by atoms with Gasteiger partial charge in [0.05, 0.1) is 10.9 Å². The molecule has 1 rings (SSSR count). The summed E-state index contributed by atoms with van der Waals surface area (Å²) in [6.45, 7) is 2.01. The Bertz CT molecular complexity index is 293. The van der Waals surface area contributed by atoms with Crippen LogP contribution < -0.4 is 0 Å². The van der Waals surface area contributed by atoms with Gasteiger partial charge in [-0.15, -0.1) is 11.3 Å². The summed E-state index contributed by atoms with van der Waals surface area (Å²) >= 11 is 4.75. The fourth-order valence-corrected chi connectivity index (χ4v) is 2.58. The van der Waals surface area contributed by atoms with Gasteiger partial charge in [0, 0.05) is 0 Å². The first kappa shape index (κ1) is 9.74. The maximum absolute atomic E-state index is 11.2. The third-order valence-electron chi connectivity index (χ3n) is 1.53. The molecule has 12 heavy (non-hydrogen) atoms. The van der Waals surface area contributed by atoms with Crippen molar-refractivity contribution in [2.75, 3.05) is 7.11 Å². The number of esters is 1. The van der Waals surface area contributed by atoms with Crippen LogP contribution in [0.2, 0.25) is 0 Å². The van der Waals surface area contributed by atoms with Crippen LogP contribution in [0.4, 0.5) is 0 Å². The summed E-state index contributed by atoms with van der Waals surface area (Å²) in [7, 11) is 1.40. The van der Waals surface area contributed by atoms with E-state index in [9.17, 15) is 4.79 Å². The Morgan fingerprint density at radius 3 is 2.92 bits per heavy atom. The minimum atomic E-state index is -0.248. The third kappa shape index (κ3) is 1.87. The van der Waals surface area contributed by atoms with Crippen molar-refractivity contribution in [3.05, 3.63) is 20.3 Å². The molecule has 0 aliphatic rings. The number of halogens is 1. The molecule has 1 aromatic heterocycles. The Labute approximate surface area is 83.7 Å². The van der Waals surface area contributed by atoms with E-state index in [1.807, 2.05) is 13.0 Å². The zero-order valence-corrected chi connectivity index (χ0v) is 9.29. The molecule has 0 unspecified atom stereocenters. The molecule has 0 saturated carbocycles. The Balaban J connectivity index is 3.04. The standard InChI is InChI=1S/C8H9BrO2S/c1-3-5-4-6(9)12-7(5)8(10)11-2/h4H,3H2,1-2H3. The van der Waals surface area contributed by atoms with Crippen molar-refractivity contribution in [2.45, 2.75) is 13.3 Å². The first-order valence-corrected chi connectivity index (χ1v) is 5.16. The fraction of sp³-hybridized carbons (Fsp3) is 0.375. The summed E-state index contributed by atoms with van der Waals surface area (Å²) in [5.41, 5.74) is 1.04. The van der Waals surface area contributed by atoms with Crippen molar-refractivity contribution in [3.63, 3.8) is 0 Å². The second kappa shape index (κ2) is 4.05. The van der Waals surface area contributed by atoms with E-state index >= 15 is 0 Å². The highest BCUT2D eigenvalue weighted by Gasteiger charge is 2.13. The summed E-state index contributed by atoms with van der Waals surface area (Å²) < 4.78 is 5.61. The van der Waals surface area contributed by atoms with Crippen LogP contribution in [0.25, 0.3) is 0 Å². The monoisotopic (exact) mass is 248 g/mol. The van der Waals surface area contributed by atoms with E-state index in [0.29, 0.717) is 4.88 Å². The molecule has 1 aromatic rings. The fourth-order valence-electron chi connectivity index (χ4n) is 0.923. The summed E-state index contributed by atoms with van der Waals surface area (Å²) in [6.07, 6.45) is 0.854. The minimum Gasteiger partial charge on any atom is -0.465 e. The van der Waals surface area contributed by atoms with Crippen LogP contribution in [0.15, 0.2) is 9.85 Å². The van der Waals surface area contributed by atoms with Crippen LogP contribution in [-0.4, -0.2) is 13.1 Å². The lowest BCUT2D eigenvalue weighted by molar-refractivity contribution is 0.0605. The smallest absolute Gasteiger partial charge is 0.348 e. The van der Waals surface area contributed by atoms with Gasteiger partial charge in [0.15, 0.2) is 0 Å². The van der Waals surface area contributed by atoms with Crippen molar-refractivity contribution in [3.8, 4) is 0 Å². The molecule has 66 valence electrons. The zero-order chi connectivity index (χ0) is 9.14. The maximum atomic E-state index is 11.2. The lowest BCUT2D eigenvalue weighted by Crippen LogP contribution is -2.00. The average molecular weight is 249 g/mol. The number of methoxy groups -OCH3 is 1. The molecule has 0 spiro atoms. The van der Waals surface area contributed by atoms with Crippen molar-refractivity contribution >= 4 is 33.2 Å². The highest BCUT2D eigenvalue weighted by atomic mass is 79.9. The minimum absolute atomic E-state index is 0.248. The molecule has 0 radical (unpaired) electrons. The maximum Gasteiger partial charge on any atom is 0.348 e. The van der Waals surface area contributed by atoms with Crippen LogP contribution in [0.5, 0.6) is 0 Å². The van der Waals surface area contributed by atoms with E-state index in [2.05, 4.69) is 20.7 Å². The van der Waals surface area contributed by atoms with Crippen molar-refractivity contribution in [2.24, 2.45) is 0 Å². The molecule has 0 aliphatic heterocycles. The van der Waals surface area contributed by atoms with E-state index < -0.39 is 0 Å². The highest BCUT2D eigenvalue weighted by molar-refractivity contribution is 9.11. The van der Waals surface area contributed by atoms with Gasteiger partial charge in [0.2, 0.25) is 0 Å². The first-order valence-electron chi connectivity index (χ1n) is 3.55. The molecule has 0 amide bonds. The molecule has 0 saturated heterocycles. The molecule has 2 nitrogen and oxygen atoms in total. The van der Waals surface area contributed by atoms with E-state index in [-0.39, 0.29) is 5.97 Å². The molecule has 0 bridgehead atoms. The highest BCUT2D eigenvalue weighted by Crippen LogP contribution is 2.27. The Hall–Kier alpha value is -0.350. The van der Waals surface area contributed by atoms with Crippen LogP contribution in [0.1, 0.15) is 22.2 Å². The number of thiophene rings is 1. The van der Waals surface area contributed by atoms with Crippen LogP contribution in [-0.2, 0) is 11.2 Å². The Morgan fingerprint density at radius 1 is 1.75 bits per heavy atom. The van der Waals surface area contributed by atoms with Gasteiger partial charge in [0.1, 0.15) is 4.88 Å². The molecular formula is C8H9BrO2S. The second-order valence-electron chi connectivity index (χ2n) is 2.25. The van der Waals surface area contributed by atoms with Gasteiger partial charge >= 0.3 is 5.97 Å². The quantitative estimate of drug-likeness (QED) is 0.753. The number of ether oxygens (including phenoxy) is 1. The van der Waals surface area contributed by atoms with E-state index in [1.54, 1.807) is 0 Å². The third-order valence-corrected chi connectivity index (χ3v) is 3.19. The summed E-state index contributed by atoms with van der Waals surface area (Å²) in [6, 6.07) is 1.96. The molecule has 4 heteroatoms. The van der Waals surface area contributed by atoms with Gasteiger partial charge in [-0.2, -0.15) is 0 Å². The van der Waals surface area contributed by atoms with Crippen LogP contribution in [0.3, 0.4) is 0 Å². The van der Waals surface area contributed by atoms with Gasteiger partial charge in [-0.05, 0) is 34.0 Å². The van der Waals surface area contributed by atoms with E-state index in [4.69, 9.17) is 0 Å². The summed E-state index contributed by atoms with van der Waals surface area (Å²) in [4.78, 5) is 11.9. The number of aryl methyl sites for hydroxylation is 1. The van der Waals surface area contributed by atoms with Crippen molar-refractivity contribution in [1.82, 2.24) is 0 Å². The topological polar surface area (TPSA) is 26.3 Å². The number of rotatable bonds is 2. The molecule has 0 fully saturated rings. The summed E-state index contributed by atoms with van der Waals surface area (Å²) in [5.74, 6) is -0.248. The predicted molar refractivity (Wildman–Crippen MR) is 52.7 cm³/mol. The average Bonchev–Trinajstić information content (AvgIpc) is 2.45. The number of carbonyl (C=O) groups excluding carboxylic acids is 1. The largest absolute Gasteiger partial charge is 0.465 e. The number of hydrogen-bond acceptors (Lipinski definition) is 3. The predicted octanol–water partition coefficient (Wildman–Crippen LogP) is 2.86. The lowest BCUT2D eigenvalue weighted by Gasteiger charge is -1.96. The van der Waals surface area contributed by atoms with Crippen molar-refractivity contribution < 1.29 is 9.53 Å². The molecule has 0 aromatic carbocycles. The van der Waals surface area contributed by atoms with Crippen molar-refractivity contribution in [1.29, 1.82) is 0 Å². The molecule has 0 aliphatic carbocycles. The van der Waals surface area contributed by atoms with Crippen LogP contribution in [0, 0.1) is 0 Å². The van der Waals surface area contributed by atoms with E-state index in [1.165, 1.54) is 18.4 Å². The second-order valence-corrected chi connectivity index (χ2v) is 4.68. The molecule has 1 heterocycles. The van der Waals surface area contributed by atoms with Gasteiger partial charge in [-0.25, -0.2) is 4.79 Å². The normalized spacial score (nSPS) is 9.92. The Kier molecular flexibility index (Phi) is 3.29. The van der Waals surface area contributed by atoms with E-state index in [0.717, 1.165) is 15.8 Å². The van der Waals surface area contributed by atoms with Gasteiger partial charge in [-0.1, -0.05) is 6.92 Å². The summed E-state index contributed by atoms with van der Waals surface area (Å²) in [5, 5.41) is 0. The number of hydrogen-bond donors (Lipinski definition) is 0. The number of carbonyl (C=O) groups is 1. The Morgan fingerprint density at radius 2 is 2.42 bits per heavy atom. The molecule has 0 atom stereocenters. The lowest BCUT2D eigenvalue weighted by atomic mass is 10.2. The van der Waals surface area contributed by atoms with Crippen LogP contribution >= 0.6 is 27.3 Å².